The summed E-state index contributed by atoms with van der Waals surface area (Å²) >= 11 is 0. The molecule has 1 aromatic heterocycles. The number of nitrogens with zero attached hydrogens (tertiary/aromatic N) is 3. The summed E-state index contributed by atoms with van der Waals surface area (Å²) in [6, 6.07) is 12.0. The number of para-hydroxylation sites is 1. The fourth-order valence-corrected chi connectivity index (χ4v) is 1.35. The molecule has 1 heterocycles. The molecule has 0 radical (unpaired) electrons. The maximum absolute atomic E-state index is 10.7. The molecule has 22 heavy (non-hydrogen) atoms. The number of benzene rings is 1. The second-order valence-electron chi connectivity index (χ2n) is 4.00. The SMILES string of the molecule is C[n+]1cn(-c2ccccc2)cc1C#N.O=S(=O)([O-])C(F)(F)F. The Morgan fingerprint density at radius 2 is 1.77 bits per heavy atom. The summed E-state index contributed by atoms with van der Waals surface area (Å²) in [6.45, 7) is 0. The summed E-state index contributed by atoms with van der Waals surface area (Å²) < 4.78 is 62.6. The van der Waals surface area contributed by atoms with Gasteiger partial charge in [-0.25, -0.2) is 17.6 Å². The fourth-order valence-electron chi connectivity index (χ4n) is 1.35. The predicted molar refractivity (Wildman–Crippen MR) is 67.4 cm³/mol. The smallest absolute Gasteiger partial charge is 0.485 e. The molecule has 2 rings (SSSR count). The Bertz CT molecular complexity index is 777. The van der Waals surface area contributed by atoms with Crippen molar-refractivity contribution in [3.05, 3.63) is 48.5 Å². The molecule has 0 N–H and O–H groups in total. The molecule has 0 saturated heterocycles. The highest BCUT2D eigenvalue weighted by Gasteiger charge is 2.36. The minimum Gasteiger partial charge on any atom is -0.741 e. The monoisotopic (exact) mass is 333 g/mol. The van der Waals surface area contributed by atoms with Gasteiger partial charge < -0.3 is 4.55 Å². The first kappa shape index (κ1) is 17.7. The Morgan fingerprint density at radius 1 is 1.27 bits per heavy atom. The van der Waals surface area contributed by atoms with Crippen LogP contribution in [0.1, 0.15) is 5.69 Å². The number of nitriles is 1. The highest BCUT2D eigenvalue weighted by Crippen LogP contribution is 2.20. The predicted octanol–water partition coefficient (Wildman–Crippen LogP) is 1.22. The first-order valence-electron chi connectivity index (χ1n) is 5.61. The second-order valence-corrected chi connectivity index (χ2v) is 5.37. The van der Waals surface area contributed by atoms with Crippen molar-refractivity contribution in [2.75, 3.05) is 0 Å². The molecule has 0 unspecified atom stereocenters. The van der Waals surface area contributed by atoms with Crippen molar-refractivity contribution in [2.45, 2.75) is 5.51 Å². The lowest BCUT2D eigenvalue weighted by Gasteiger charge is -2.08. The van der Waals surface area contributed by atoms with Crippen LogP contribution in [-0.4, -0.2) is 23.0 Å². The molecule has 118 valence electrons. The van der Waals surface area contributed by atoms with Crippen molar-refractivity contribution >= 4 is 10.1 Å². The molecule has 2 aromatic rings. The third kappa shape index (κ3) is 4.57. The van der Waals surface area contributed by atoms with Gasteiger partial charge in [0, 0.05) is 0 Å². The lowest BCUT2D eigenvalue weighted by Crippen LogP contribution is -2.28. The second kappa shape index (κ2) is 6.59. The molecular weight excluding hydrogens is 323 g/mol. The van der Waals surface area contributed by atoms with Gasteiger partial charge in [-0.15, -0.1) is 0 Å². The molecule has 10 heteroatoms. The van der Waals surface area contributed by atoms with Crippen LogP contribution < -0.4 is 4.57 Å². The van der Waals surface area contributed by atoms with Gasteiger partial charge in [0.2, 0.25) is 12.0 Å². The van der Waals surface area contributed by atoms with E-state index in [4.69, 9.17) is 18.2 Å². The molecule has 0 bridgehead atoms. The first-order chi connectivity index (χ1) is 10.1. The number of imidazole rings is 1. The van der Waals surface area contributed by atoms with Gasteiger partial charge in [-0.2, -0.15) is 18.4 Å². The average molecular weight is 333 g/mol. The Kier molecular flexibility index (Phi) is 5.29. The molecule has 0 amide bonds. The van der Waals surface area contributed by atoms with Crippen molar-refractivity contribution in [1.82, 2.24) is 4.57 Å². The van der Waals surface area contributed by atoms with Crippen LogP contribution in [-0.2, 0) is 17.2 Å². The summed E-state index contributed by atoms with van der Waals surface area (Å²) in [5.41, 5.74) is -3.94. The molecular formula is C12H10F3N3O3S. The van der Waals surface area contributed by atoms with Crippen molar-refractivity contribution in [3.63, 3.8) is 0 Å². The average Bonchev–Trinajstić information content (AvgIpc) is 2.79. The Morgan fingerprint density at radius 3 is 2.14 bits per heavy atom. The molecule has 0 aliphatic rings. The van der Waals surface area contributed by atoms with E-state index in [1.165, 1.54) is 0 Å². The van der Waals surface area contributed by atoms with E-state index >= 15 is 0 Å². The van der Waals surface area contributed by atoms with E-state index in [-0.39, 0.29) is 0 Å². The van der Waals surface area contributed by atoms with Crippen LogP contribution in [0, 0.1) is 11.3 Å². The molecule has 0 spiro atoms. The van der Waals surface area contributed by atoms with Crippen LogP contribution in [0.5, 0.6) is 0 Å². The minimum absolute atomic E-state index is 0.647. The summed E-state index contributed by atoms with van der Waals surface area (Å²) in [4.78, 5) is 0. The molecule has 0 aliphatic heterocycles. The Labute approximate surface area is 124 Å². The van der Waals surface area contributed by atoms with Gasteiger partial charge in [0.15, 0.2) is 16.3 Å². The van der Waals surface area contributed by atoms with E-state index in [1.54, 1.807) is 4.57 Å². The van der Waals surface area contributed by atoms with Crippen LogP contribution in [0.2, 0.25) is 0 Å². The summed E-state index contributed by atoms with van der Waals surface area (Å²) in [5, 5.41) is 8.79. The summed E-state index contributed by atoms with van der Waals surface area (Å²) in [5.74, 6) is 0. The maximum Gasteiger partial charge on any atom is 0.485 e. The van der Waals surface area contributed by atoms with E-state index < -0.39 is 15.6 Å². The van der Waals surface area contributed by atoms with E-state index in [2.05, 4.69) is 6.07 Å². The van der Waals surface area contributed by atoms with Crippen LogP contribution >= 0.6 is 0 Å². The van der Waals surface area contributed by atoms with Gasteiger partial charge in [-0.3, -0.25) is 0 Å². The number of aromatic nitrogens is 2. The van der Waals surface area contributed by atoms with Crippen molar-refractivity contribution in [1.29, 1.82) is 5.26 Å². The molecule has 6 nitrogen and oxygen atoms in total. The number of hydrogen-bond acceptors (Lipinski definition) is 4. The molecule has 1 aromatic carbocycles. The molecule has 0 atom stereocenters. The molecule has 0 aliphatic carbocycles. The number of aryl methyl sites for hydroxylation is 1. The van der Waals surface area contributed by atoms with Crippen molar-refractivity contribution in [3.8, 4) is 11.8 Å². The largest absolute Gasteiger partial charge is 0.741 e. The van der Waals surface area contributed by atoms with E-state index in [1.807, 2.05) is 54.5 Å². The zero-order chi connectivity index (χ0) is 17.0. The highest BCUT2D eigenvalue weighted by atomic mass is 32.2. The number of rotatable bonds is 1. The van der Waals surface area contributed by atoms with Gasteiger partial charge in [0.1, 0.15) is 11.8 Å². The van der Waals surface area contributed by atoms with Crippen LogP contribution in [0.3, 0.4) is 0 Å². The van der Waals surface area contributed by atoms with E-state index in [9.17, 15) is 13.2 Å². The van der Waals surface area contributed by atoms with E-state index in [0.29, 0.717) is 5.69 Å². The Hall–Kier alpha value is -2.38. The number of halogens is 3. The van der Waals surface area contributed by atoms with E-state index in [0.717, 1.165) is 5.69 Å². The van der Waals surface area contributed by atoms with Gasteiger partial charge in [-0.1, -0.05) is 18.2 Å². The zero-order valence-electron chi connectivity index (χ0n) is 11.1. The summed E-state index contributed by atoms with van der Waals surface area (Å²) in [7, 11) is -4.23. The molecule has 0 fully saturated rings. The van der Waals surface area contributed by atoms with Gasteiger partial charge in [0.05, 0.1) is 7.05 Å². The van der Waals surface area contributed by atoms with Gasteiger partial charge in [0.25, 0.3) is 0 Å². The topological polar surface area (TPSA) is 89.8 Å². The Balaban J connectivity index is 0.000000261. The normalized spacial score (nSPS) is 11.3. The van der Waals surface area contributed by atoms with Crippen LogP contribution in [0.25, 0.3) is 5.69 Å². The third-order valence-corrected chi connectivity index (χ3v) is 2.96. The lowest BCUT2D eigenvalue weighted by molar-refractivity contribution is -0.673. The van der Waals surface area contributed by atoms with Crippen LogP contribution in [0.15, 0.2) is 42.9 Å². The fraction of sp³-hybridized carbons (Fsp3) is 0.167. The lowest BCUT2D eigenvalue weighted by atomic mass is 10.3. The number of hydrogen-bond donors (Lipinski definition) is 0. The summed E-state index contributed by atoms with van der Waals surface area (Å²) in [6.07, 6.45) is 3.70. The zero-order valence-corrected chi connectivity index (χ0v) is 12.0. The van der Waals surface area contributed by atoms with Crippen molar-refractivity contribution in [2.24, 2.45) is 7.05 Å². The quantitative estimate of drug-likeness (QED) is 0.446. The first-order valence-corrected chi connectivity index (χ1v) is 7.02. The number of alkyl halides is 3. The minimum atomic E-state index is -6.09. The van der Waals surface area contributed by atoms with Gasteiger partial charge in [-0.05, 0) is 12.1 Å². The van der Waals surface area contributed by atoms with Gasteiger partial charge >= 0.3 is 5.51 Å². The third-order valence-electron chi connectivity index (χ3n) is 2.39. The highest BCUT2D eigenvalue weighted by molar-refractivity contribution is 7.86. The van der Waals surface area contributed by atoms with Crippen molar-refractivity contribution < 1.29 is 30.7 Å². The maximum atomic E-state index is 10.7. The molecule has 0 saturated carbocycles. The standard InChI is InChI=1S/C11H10N3.CHF3O3S/c1-13-9-14(8-11(13)7-12)10-5-3-2-4-6-10;2-1(3,4)8(5,6)7/h2-6,8-9H,1H3;(H,5,6,7)/q+1;/p-1. The van der Waals surface area contributed by atoms with Crippen LogP contribution in [0.4, 0.5) is 13.2 Å².